The number of amides is 1. The number of rotatable bonds is 8. The van der Waals surface area contributed by atoms with Gasteiger partial charge in [-0.2, -0.15) is 0 Å². The van der Waals surface area contributed by atoms with Gasteiger partial charge in [0.2, 0.25) is 0 Å². The fourth-order valence-corrected chi connectivity index (χ4v) is 2.70. The first-order chi connectivity index (χ1) is 12.6. The number of furan rings is 1. The van der Waals surface area contributed by atoms with Crippen molar-refractivity contribution in [2.75, 3.05) is 20.6 Å². The van der Waals surface area contributed by atoms with E-state index in [9.17, 15) is 4.79 Å². The van der Waals surface area contributed by atoms with Gasteiger partial charge in [-0.15, -0.1) is 0 Å². The van der Waals surface area contributed by atoms with Crippen molar-refractivity contribution in [3.8, 4) is 0 Å². The highest BCUT2D eigenvalue weighted by Gasteiger charge is 2.18. The van der Waals surface area contributed by atoms with Gasteiger partial charge in [0.05, 0.1) is 19.4 Å². The van der Waals surface area contributed by atoms with Crippen molar-refractivity contribution >= 4 is 5.91 Å². The highest BCUT2D eigenvalue weighted by molar-refractivity contribution is 5.91. The lowest BCUT2D eigenvalue weighted by Gasteiger charge is -2.14. The first-order valence-electron chi connectivity index (χ1n) is 8.58. The van der Waals surface area contributed by atoms with Crippen LogP contribution in [-0.2, 0) is 19.5 Å². The van der Waals surface area contributed by atoms with Crippen molar-refractivity contribution in [1.82, 2.24) is 15.0 Å². The summed E-state index contributed by atoms with van der Waals surface area (Å²) < 4.78 is 10.6. The minimum atomic E-state index is -0.191. The maximum Gasteiger partial charge on any atom is 0.276 e. The van der Waals surface area contributed by atoms with E-state index >= 15 is 0 Å². The van der Waals surface area contributed by atoms with E-state index < -0.39 is 0 Å². The number of hydrogen-bond donors (Lipinski definition) is 0. The molecule has 3 rings (SSSR count). The van der Waals surface area contributed by atoms with Crippen LogP contribution in [0.2, 0.25) is 0 Å². The molecule has 0 spiro atoms. The number of carbonyl (C=O) groups is 1. The van der Waals surface area contributed by atoms with Crippen LogP contribution in [0, 0.1) is 0 Å². The Kier molecular flexibility index (Phi) is 5.86. The number of hydrogen-bond acceptors (Lipinski definition) is 5. The maximum atomic E-state index is 12.4. The molecule has 3 aromatic rings. The fourth-order valence-electron chi connectivity index (χ4n) is 2.70. The Morgan fingerprint density at radius 1 is 1.04 bits per heavy atom. The largest absolute Gasteiger partial charge is 0.467 e. The third kappa shape index (κ3) is 4.83. The maximum absolute atomic E-state index is 12.4. The van der Waals surface area contributed by atoms with Gasteiger partial charge < -0.3 is 13.8 Å². The molecular formula is C20H23N3O3. The molecule has 1 aromatic carbocycles. The second-order valence-electron chi connectivity index (χ2n) is 6.39. The Morgan fingerprint density at radius 3 is 2.58 bits per heavy atom. The highest BCUT2D eigenvalue weighted by atomic mass is 16.5. The van der Waals surface area contributed by atoms with Crippen molar-refractivity contribution in [2.24, 2.45) is 0 Å². The van der Waals surface area contributed by atoms with Crippen LogP contribution in [0.4, 0.5) is 0 Å². The second kappa shape index (κ2) is 8.49. The Bertz CT molecular complexity index is 812. The van der Waals surface area contributed by atoms with E-state index in [1.54, 1.807) is 30.3 Å². The molecule has 0 aliphatic heterocycles. The van der Waals surface area contributed by atoms with Gasteiger partial charge >= 0.3 is 0 Å². The smallest absolute Gasteiger partial charge is 0.276 e. The van der Waals surface area contributed by atoms with Crippen LogP contribution in [-0.4, -0.2) is 41.5 Å². The summed E-state index contributed by atoms with van der Waals surface area (Å²) in [6, 6.07) is 15.7. The van der Waals surface area contributed by atoms with Crippen molar-refractivity contribution in [3.63, 3.8) is 0 Å². The van der Waals surface area contributed by atoms with Crippen LogP contribution in [0.5, 0.6) is 0 Å². The lowest BCUT2D eigenvalue weighted by molar-refractivity contribution is 0.0765. The van der Waals surface area contributed by atoms with Gasteiger partial charge in [0.1, 0.15) is 5.76 Å². The summed E-state index contributed by atoms with van der Waals surface area (Å²) in [5.74, 6) is 1.21. The van der Waals surface area contributed by atoms with Gasteiger partial charge in [-0.05, 0) is 31.2 Å². The summed E-state index contributed by atoms with van der Waals surface area (Å²) in [7, 11) is 3.74. The van der Waals surface area contributed by atoms with Crippen LogP contribution >= 0.6 is 0 Å². The van der Waals surface area contributed by atoms with Crippen molar-refractivity contribution < 1.29 is 13.7 Å². The summed E-state index contributed by atoms with van der Waals surface area (Å²) in [6.07, 6.45) is 2.55. The van der Waals surface area contributed by atoms with Crippen LogP contribution in [0.15, 0.2) is 63.7 Å². The molecule has 0 fully saturated rings. The molecule has 2 aromatic heterocycles. The summed E-state index contributed by atoms with van der Waals surface area (Å²) >= 11 is 0. The predicted octanol–water partition coefficient (Wildman–Crippen LogP) is 3.21. The van der Waals surface area contributed by atoms with E-state index in [0.29, 0.717) is 24.5 Å². The number of benzene rings is 1. The van der Waals surface area contributed by atoms with Gasteiger partial charge in [0, 0.05) is 19.7 Å². The van der Waals surface area contributed by atoms with Gasteiger partial charge in [0.15, 0.2) is 11.5 Å². The topological polar surface area (TPSA) is 62.7 Å². The Balaban J connectivity index is 1.51. The third-order valence-corrected chi connectivity index (χ3v) is 4.15. The van der Waals surface area contributed by atoms with Crippen LogP contribution in [0.25, 0.3) is 0 Å². The van der Waals surface area contributed by atoms with Crippen LogP contribution in [0.3, 0.4) is 0 Å². The molecule has 0 aliphatic rings. The molecule has 0 aliphatic carbocycles. The Morgan fingerprint density at radius 2 is 1.85 bits per heavy atom. The van der Waals surface area contributed by atoms with E-state index in [0.717, 1.165) is 18.7 Å². The monoisotopic (exact) mass is 353 g/mol. The quantitative estimate of drug-likeness (QED) is 0.622. The highest BCUT2D eigenvalue weighted by Crippen LogP contribution is 2.11. The van der Waals surface area contributed by atoms with Crippen molar-refractivity contribution in [3.05, 3.63) is 77.6 Å². The van der Waals surface area contributed by atoms with Crippen LogP contribution in [0.1, 0.15) is 27.6 Å². The molecule has 26 heavy (non-hydrogen) atoms. The fraction of sp³-hybridized carbons (Fsp3) is 0.300. The van der Waals surface area contributed by atoms with Crippen molar-refractivity contribution in [1.29, 1.82) is 0 Å². The van der Waals surface area contributed by atoms with Gasteiger partial charge in [-0.25, -0.2) is 0 Å². The Labute approximate surface area is 153 Å². The van der Waals surface area contributed by atoms with E-state index in [-0.39, 0.29) is 5.91 Å². The third-order valence-electron chi connectivity index (χ3n) is 4.15. The molecule has 0 bridgehead atoms. The van der Waals surface area contributed by atoms with E-state index in [1.165, 1.54) is 5.56 Å². The standard InChI is InChI=1S/C20H23N3O3/c1-22(11-10-16-7-4-3-5-8-16)14-18-13-19(21-26-18)20(24)23(2)15-17-9-6-12-25-17/h3-9,12-13H,10-11,14-15H2,1-2H3. The summed E-state index contributed by atoms with van der Waals surface area (Å²) in [5.41, 5.74) is 1.61. The normalized spacial score (nSPS) is 11.0. The molecular weight excluding hydrogens is 330 g/mol. The zero-order valence-corrected chi connectivity index (χ0v) is 15.1. The molecule has 0 radical (unpaired) electrons. The Hall–Kier alpha value is -2.86. The minimum absolute atomic E-state index is 0.191. The number of aromatic nitrogens is 1. The lowest BCUT2D eigenvalue weighted by Crippen LogP contribution is -2.26. The molecule has 6 nitrogen and oxygen atoms in total. The SMILES string of the molecule is CN(CCc1ccccc1)Cc1cc(C(=O)N(C)Cc2ccco2)no1. The first-order valence-corrected chi connectivity index (χ1v) is 8.58. The van der Waals surface area contributed by atoms with E-state index in [1.807, 2.05) is 31.3 Å². The first kappa shape index (κ1) is 17.9. The molecule has 0 saturated heterocycles. The average Bonchev–Trinajstić information content (AvgIpc) is 3.32. The van der Waals surface area contributed by atoms with Gasteiger partial charge in [0.25, 0.3) is 5.91 Å². The molecule has 0 saturated carbocycles. The number of carbonyl (C=O) groups excluding carboxylic acids is 1. The number of nitrogens with zero attached hydrogens (tertiary/aromatic N) is 3. The minimum Gasteiger partial charge on any atom is -0.467 e. The van der Waals surface area contributed by atoms with Crippen LogP contribution < -0.4 is 0 Å². The molecule has 0 N–H and O–H groups in total. The molecule has 1 amide bonds. The lowest BCUT2D eigenvalue weighted by atomic mass is 10.1. The molecule has 2 heterocycles. The number of likely N-dealkylation sites (N-methyl/N-ethyl adjacent to an activating group) is 1. The summed E-state index contributed by atoms with van der Waals surface area (Å²) in [6.45, 7) is 1.90. The zero-order chi connectivity index (χ0) is 18.4. The molecule has 0 atom stereocenters. The predicted molar refractivity (Wildman–Crippen MR) is 97.5 cm³/mol. The van der Waals surface area contributed by atoms with Gasteiger partial charge in [-0.3, -0.25) is 9.69 Å². The molecule has 136 valence electrons. The molecule has 6 heteroatoms. The van der Waals surface area contributed by atoms with E-state index in [4.69, 9.17) is 8.94 Å². The average molecular weight is 353 g/mol. The summed E-state index contributed by atoms with van der Waals surface area (Å²) in [4.78, 5) is 16.1. The van der Waals surface area contributed by atoms with E-state index in [2.05, 4.69) is 22.2 Å². The van der Waals surface area contributed by atoms with Crippen molar-refractivity contribution in [2.45, 2.75) is 19.5 Å². The summed E-state index contributed by atoms with van der Waals surface area (Å²) in [5, 5.41) is 3.91. The van der Waals surface area contributed by atoms with Gasteiger partial charge in [-0.1, -0.05) is 35.5 Å². The molecule has 0 unspecified atom stereocenters. The zero-order valence-electron chi connectivity index (χ0n) is 15.1. The second-order valence-corrected chi connectivity index (χ2v) is 6.39.